The molecule has 7 rings (SSSR count). The molecule has 1 heterocycles. The van der Waals surface area contributed by atoms with E-state index in [0.29, 0.717) is 42.2 Å². The van der Waals surface area contributed by atoms with Gasteiger partial charge in [-0.15, -0.1) is 0 Å². The first-order valence-corrected chi connectivity index (χ1v) is 21.4. The molecule has 0 saturated heterocycles. The lowest BCUT2D eigenvalue weighted by atomic mass is 9.59. The number of hydrogen-bond acceptors (Lipinski definition) is 6. The number of anilines is 1. The molecular weight excluding hydrogens is 718 g/mol. The van der Waals surface area contributed by atoms with Gasteiger partial charge in [0.2, 0.25) is 0 Å². The molecule has 0 radical (unpaired) electrons. The van der Waals surface area contributed by atoms with Crippen molar-refractivity contribution in [1.82, 2.24) is 10.3 Å². The van der Waals surface area contributed by atoms with Crippen molar-refractivity contribution in [3.05, 3.63) is 118 Å². The Morgan fingerprint density at radius 3 is 2.61 bits per heavy atom. The van der Waals surface area contributed by atoms with E-state index in [-0.39, 0.29) is 11.5 Å². The number of carboxylic acid groups (broad SMARTS) is 1. The van der Waals surface area contributed by atoms with Crippen LogP contribution in [-0.4, -0.2) is 47.4 Å². The third kappa shape index (κ3) is 9.21. The molecule has 0 bridgehead atoms. The number of carboxylic acids is 1. The number of fused-ring (bicyclic) bond motifs is 3. The van der Waals surface area contributed by atoms with Gasteiger partial charge < -0.3 is 25.2 Å². The van der Waals surface area contributed by atoms with Crippen molar-refractivity contribution in [3.8, 4) is 11.5 Å². The zero-order chi connectivity index (χ0) is 39.1. The maximum atomic E-state index is 13.1. The van der Waals surface area contributed by atoms with Gasteiger partial charge in [-0.25, -0.2) is 4.79 Å². The predicted molar refractivity (Wildman–Crippen MR) is 226 cm³/mol. The Bertz CT molecular complexity index is 1930. The van der Waals surface area contributed by atoms with E-state index in [1.807, 2.05) is 36.5 Å². The molecule has 1 saturated carbocycles. The molecule has 1 spiro atoms. The predicted octanol–water partition coefficient (Wildman–Crippen LogP) is 10.6. The largest absolute Gasteiger partial charge is 0.493 e. The van der Waals surface area contributed by atoms with Crippen molar-refractivity contribution in [2.24, 2.45) is 11.8 Å². The normalized spacial score (nSPS) is 23.9. The number of nitrogens with zero attached hydrogens (tertiary/aromatic N) is 1. The summed E-state index contributed by atoms with van der Waals surface area (Å²) in [6.07, 6.45) is 13.3. The molecule has 0 aliphatic heterocycles. The molecule has 3 aliphatic rings. The van der Waals surface area contributed by atoms with Crippen LogP contribution in [0.25, 0.3) is 0 Å². The molecule has 0 amide bonds. The molecule has 56 heavy (non-hydrogen) atoms. The minimum atomic E-state index is -1.06. The van der Waals surface area contributed by atoms with Gasteiger partial charge in [-0.1, -0.05) is 67.9 Å². The summed E-state index contributed by atoms with van der Waals surface area (Å²) in [5.74, 6) is 2.22. The van der Waals surface area contributed by atoms with Crippen LogP contribution >= 0.6 is 11.6 Å². The van der Waals surface area contributed by atoms with Gasteiger partial charge in [0.1, 0.15) is 23.1 Å². The standard InChI is InChI=1S/C48H60ClN3O4/c1-33(32-55-44-20-26-51-43-17-9-11-34(2)45(43)44)27-38-28-37-18-19-41(56-35(3)31-50-25-8-7-14-36-12-5-4-6-13-36)30-42(37)47(38)21-23-48(24-22-47,46(53)54)52-40-16-10-15-39(49)29-40/h4-6,10,12-13,15-16,18-20,26,29-30,33-35,38,50,52H,7-9,11,14,17,21-25,27-28,31-32H2,1-3H3,(H,53,54)/t33-,34-,35+,38+,47?,48?/m1/s1. The number of pyridine rings is 1. The minimum Gasteiger partial charge on any atom is -0.493 e. The monoisotopic (exact) mass is 777 g/mol. The highest BCUT2D eigenvalue weighted by molar-refractivity contribution is 6.30. The third-order valence-corrected chi connectivity index (χ3v) is 13.2. The van der Waals surface area contributed by atoms with Crippen molar-refractivity contribution in [3.63, 3.8) is 0 Å². The van der Waals surface area contributed by atoms with Crippen LogP contribution < -0.4 is 20.1 Å². The number of hydrogen-bond donors (Lipinski definition) is 3. The molecule has 0 unspecified atom stereocenters. The fraction of sp³-hybridized carbons (Fsp3) is 0.500. The van der Waals surface area contributed by atoms with Crippen LogP contribution in [-0.2, 0) is 29.5 Å². The second-order valence-electron chi connectivity index (χ2n) is 17.1. The van der Waals surface area contributed by atoms with Gasteiger partial charge >= 0.3 is 5.97 Å². The van der Waals surface area contributed by atoms with Crippen molar-refractivity contribution in [2.45, 2.75) is 121 Å². The van der Waals surface area contributed by atoms with Crippen LogP contribution in [0.1, 0.15) is 112 Å². The molecule has 1 fully saturated rings. The third-order valence-electron chi connectivity index (χ3n) is 12.9. The fourth-order valence-electron chi connectivity index (χ4n) is 9.95. The summed E-state index contributed by atoms with van der Waals surface area (Å²) in [4.78, 5) is 17.7. The molecule has 1 aromatic heterocycles. The number of benzene rings is 3. The maximum Gasteiger partial charge on any atom is 0.329 e. The van der Waals surface area contributed by atoms with Gasteiger partial charge in [0.05, 0.1) is 6.61 Å². The molecule has 298 valence electrons. The Morgan fingerprint density at radius 1 is 1.00 bits per heavy atom. The number of unbranched alkanes of at least 4 members (excludes halogenated alkanes) is 1. The maximum absolute atomic E-state index is 13.1. The molecule has 4 atom stereocenters. The van der Waals surface area contributed by atoms with Gasteiger partial charge in [0.15, 0.2) is 0 Å². The van der Waals surface area contributed by atoms with E-state index in [2.05, 4.69) is 84.9 Å². The van der Waals surface area contributed by atoms with Crippen molar-refractivity contribution in [1.29, 1.82) is 0 Å². The summed E-state index contributed by atoms with van der Waals surface area (Å²) in [6, 6.07) is 26.8. The van der Waals surface area contributed by atoms with Crippen LogP contribution in [0, 0.1) is 11.8 Å². The lowest BCUT2D eigenvalue weighted by Gasteiger charge is -2.47. The Kier molecular flexibility index (Phi) is 12.9. The van der Waals surface area contributed by atoms with Crippen LogP contribution in [0.5, 0.6) is 11.5 Å². The molecule has 3 N–H and O–H groups in total. The summed E-state index contributed by atoms with van der Waals surface area (Å²) in [6.45, 7) is 9.13. The van der Waals surface area contributed by atoms with Crippen LogP contribution in [0.2, 0.25) is 5.02 Å². The lowest BCUT2D eigenvalue weighted by molar-refractivity contribution is -0.144. The number of aromatic nitrogens is 1. The number of ether oxygens (including phenoxy) is 2. The van der Waals surface area contributed by atoms with Crippen molar-refractivity contribution < 1.29 is 19.4 Å². The molecular formula is C48H60ClN3O4. The number of aryl methyl sites for hydroxylation is 2. The number of rotatable bonds is 17. The second kappa shape index (κ2) is 18.0. The van der Waals surface area contributed by atoms with E-state index in [1.165, 1.54) is 40.8 Å². The summed E-state index contributed by atoms with van der Waals surface area (Å²) < 4.78 is 13.2. The lowest BCUT2D eigenvalue weighted by Crippen LogP contribution is -2.53. The Labute approximate surface area is 339 Å². The summed E-state index contributed by atoms with van der Waals surface area (Å²) in [7, 11) is 0. The first kappa shape index (κ1) is 40.1. The smallest absolute Gasteiger partial charge is 0.329 e. The topological polar surface area (TPSA) is 92.7 Å². The Morgan fingerprint density at radius 2 is 1.82 bits per heavy atom. The summed E-state index contributed by atoms with van der Waals surface area (Å²) >= 11 is 6.32. The average molecular weight is 778 g/mol. The number of carbonyl (C=O) groups is 1. The highest BCUT2D eigenvalue weighted by Crippen LogP contribution is 2.57. The molecule has 3 aromatic carbocycles. The molecule has 7 nitrogen and oxygen atoms in total. The first-order valence-electron chi connectivity index (χ1n) is 21.1. The van der Waals surface area contributed by atoms with E-state index in [0.717, 1.165) is 81.6 Å². The zero-order valence-electron chi connectivity index (χ0n) is 33.5. The quantitative estimate of drug-likeness (QED) is 0.0920. The van der Waals surface area contributed by atoms with Gasteiger partial charge in [-0.2, -0.15) is 0 Å². The zero-order valence-corrected chi connectivity index (χ0v) is 34.3. The Balaban J connectivity index is 1.04. The highest BCUT2D eigenvalue weighted by atomic mass is 35.5. The van der Waals surface area contributed by atoms with Gasteiger partial charge in [-0.3, -0.25) is 4.98 Å². The number of aliphatic carboxylic acids is 1. The second-order valence-corrected chi connectivity index (χ2v) is 17.5. The van der Waals surface area contributed by atoms with E-state index in [1.54, 1.807) is 0 Å². The Hall–Kier alpha value is -4.07. The van der Waals surface area contributed by atoms with Gasteiger partial charge in [-0.05, 0) is 167 Å². The van der Waals surface area contributed by atoms with Crippen LogP contribution in [0.3, 0.4) is 0 Å². The summed E-state index contributed by atoms with van der Waals surface area (Å²) in [5.41, 5.74) is 6.11. The van der Waals surface area contributed by atoms with E-state index in [9.17, 15) is 9.90 Å². The van der Waals surface area contributed by atoms with E-state index in [4.69, 9.17) is 21.1 Å². The molecule has 3 aliphatic carbocycles. The number of halogens is 1. The number of nitrogens with one attached hydrogen (secondary N) is 2. The SMILES string of the molecule is C[C@@H](COc1ccnc2c1[C@H](C)CCC2)C[C@H]1Cc2ccc(O[C@@H](C)CNCCCCc3ccccc3)cc2C12CCC(Nc1cccc(Cl)c1)(C(=O)O)CC2. The van der Waals surface area contributed by atoms with Crippen LogP contribution in [0.15, 0.2) is 85.1 Å². The van der Waals surface area contributed by atoms with Crippen LogP contribution in [0.4, 0.5) is 5.69 Å². The van der Waals surface area contributed by atoms with E-state index >= 15 is 0 Å². The minimum absolute atomic E-state index is 0.0158. The first-order chi connectivity index (χ1) is 27.1. The van der Waals surface area contributed by atoms with Gasteiger partial charge in [0.25, 0.3) is 0 Å². The van der Waals surface area contributed by atoms with Crippen molar-refractivity contribution >= 4 is 23.3 Å². The fourth-order valence-corrected chi connectivity index (χ4v) is 10.1. The highest BCUT2D eigenvalue weighted by Gasteiger charge is 2.54. The van der Waals surface area contributed by atoms with Crippen molar-refractivity contribution in [2.75, 3.05) is 25.0 Å². The average Bonchev–Trinajstić information content (AvgIpc) is 3.47. The summed E-state index contributed by atoms with van der Waals surface area (Å²) in [5, 5.41) is 18.3. The van der Waals surface area contributed by atoms with Gasteiger partial charge in [0, 0.05) is 34.7 Å². The molecule has 8 heteroatoms. The van der Waals surface area contributed by atoms with E-state index < -0.39 is 11.5 Å². The molecule has 4 aromatic rings.